The first kappa shape index (κ1) is 17.5. The minimum absolute atomic E-state index is 0.250. The smallest absolute Gasteiger partial charge is 0.162 e. The van der Waals surface area contributed by atoms with Gasteiger partial charge >= 0.3 is 0 Å². The van der Waals surface area contributed by atoms with Gasteiger partial charge in [-0.2, -0.15) is 5.26 Å². The number of nitriles is 1. The number of nitrogens with zero attached hydrogens (tertiary/aromatic N) is 2. The molecule has 0 radical (unpaired) electrons. The molecule has 126 valence electrons. The molecule has 0 spiro atoms. The van der Waals surface area contributed by atoms with E-state index in [9.17, 15) is 0 Å². The molecule has 1 saturated heterocycles. The monoisotopic (exact) mass is 320 g/mol. The summed E-state index contributed by atoms with van der Waals surface area (Å²) in [7, 11) is 5.04. The first-order valence-corrected chi connectivity index (χ1v) is 7.68. The van der Waals surface area contributed by atoms with Gasteiger partial charge in [-0.25, -0.2) is 0 Å². The van der Waals surface area contributed by atoms with Crippen molar-refractivity contribution in [2.45, 2.75) is 18.6 Å². The minimum Gasteiger partial charge on any atom is -0.493 e. The van der Waals surface area contributed by atoms with Gasteiger partial charge in [-0.1, -0.05) is 0 Å². The standard InChI is InChI=1S/C17H24N2O4/c1-20-12-14-9-15(21-2)11-19(14)6-7-23-16-5-4-13(10-18)8-17(16)22-3/h4-5,8,14-15H,6-7,9,11-12H2,1-3H3/t14-,15-/m0/s1. The topological polar surface area (TPSA) is 64.0 Å². The molecule has 2 rings (SSSR count). The molecule has 1 aromatic carbocycles. The molecule has 0 bridgehead atoms. The number of rotatable bonds is 8. The van der Waals surface area contributed by atoms with Crippen LogP contribution in [0.1, 0.15) is 12.0 Å². The molecule has 1 aromatic rings. The molecule has 0 unspecified atom stereocenters. The van der Waals surface area contributed by atoms with E-state index in [1.54, 1.807) is 39.5 Å². The predicted molar refractivity (Wildman–Crippen MR) is 85.9 cm³/mol. The Hall–Kier alpha value is -1.81. The molecule has 23 heavy (non-hydrogen) atoms. The lowest BCUT2D eigenvalue weighted by molar-refractivity contribution is 0.100. The summed E-state index contributed by atoms with van der Waals surface area (Å²) >= 11 is 0. The van der Waals surface area contributed by atoms with E-state index >= 15 is 0 Å². The van der Waals surface area contributed by atoms with Crippen molar-refractivity contribution in [1.29, 1.82) is 5.26 Å². The van der Waals surface area contributed by atoms with Gasteiger partial charge in [0.05, 0.1) is 31.5 Å². The van der Waals surface area contributed by atoms with Crippen LogP contribution in [0.5, 0.6) is 11.5 Å². The fourth-order valence-electron chi connectivity index (χ4n) is 2.88. The number of benzene rings is 1. The van der Waals surface area contributed by atoms with Crippen molar-refractivity contribution < 1.29 is 18.9 Å². The maximum atomic E-state index is 8.92. The van der Waals surface area contributed by atoms with Crippen LogP contribution >= 0.6 is 0 Å². The predicted octanol–water partition coefficient (Wildman–Crippen LogP) is 1.68. The zero-order chi connectivity index (χ0) is 16.7. The lowest BCUT2D eigenvalue weighted by Crippen LogP contribution is -2.36. The highest BCUT2D eigenvalue weighted by atomic mass is 16.5. The van der Waals surface area contributed by atoms with Crippen LogP contribution in [0.3, 0.4) is 0 Å². The van der Waals surface area contributed by atoms with E-state index in [4.69, 9.17) is 24.2 Å². The Labute approximate surface area is 137 Å². The molecule has 0 aliphatic carbocycles. The Balaban J connectivity index is 1.90. The van der Waals surface area contributed by atoms with Gasteiger partial charge in [0.25, 0.3) is 0 Å². The van der Waals surface area contributed by atoms with Gasteiger partial charge in [0.15, 0.2) is 11.5 Å². The summed E-state index contributed by atoms with van der Waals surface area (Å²) in [6.45, 7) is 2.91. The maximum Gasteiger partial charge on any atom is 0.162 e. The molecule has 0 amide bonds. The summed E-state index contributed by atoms with van der Waals surface area (Å²) in [5.41, 5.74) is 0.553. The summed E-state index contributed by atoms with van der Waals surface area (Å²) in [6.07, 6.45) is 1.23. The van der Waals surface area contributed by atoms with Crippen molar-refractivity contribution >= 4 is 0 Å². The van der Waals surface area contributed by atoms with Crippen LogP contribution in [-0.4, -0.2) is 64.7 Å². The molecule has 2 atom stereocenters. The fraction of sp³-hybridized carbons (Fsp3) is 0.588. The summed E-state index contributed by atoms with van der Waals surface area (Å²) in [5.74, 6) is 1.23. The minimum atomic E-state index is 0.250. The van der Waals surface area contributed by atoms with E-state index in [0.717, 1.165) is 19.5 Å². The van der Waals surface area contributed by atoms with E-state index < -0.39 is 0 Å². The Morgan fingerprint density at radius 2 is 2.09 bits per heavy atom. The van der Waals surface area contributed by atoms with Gasteiger partial charge in [-0.15, -0.1) is 0 Å². The average Bonchev–Trinajstić information content (AvgIpc) is 2.97. The Morgan fingerprint density at radius 1 is 1.26 bits per heavy atom. The molecule has 1 heterocycles. The van der Waals surface area contributed by atoms with Crippen LogP contribution in [0, 0.1) is 11.3 Å². The second kappa shape index (κ2) is 8.73. The normalized spacial score (nSPS) is 21.1. The number of likely N-dealkylation sites (tertiary alicyclic amines) is 1. The van der Waals surface area contributed by atoms with Gasteiger partial charge in [0, 0.05) is 39.4 Å². The molecule has 1 aliphatic rings. The molecular formula is C17H24N2O4. The lowest BCUT2D eigenvalue weighted by Gasteiger charge is -2.23. The second-order valence-electron chi connectivity index (χ2n) is 5.52. The number of ether oxygens (including phenoxy) is 4. The van der Waals surface area contributed by atoms with Gasteiger partial charge in [0.2, 0.25) is 0 Å². The SMILES string of the molecule is COC[C@@H]1C[C@H](OC)CN1CCOc1ccc(C#N)cc1OC. The summed E-state index contributed by atoms with van der Waals surface area (Å²) in [5, 5.41) is 8.92. The molecule has 6 heteroatoms. The number of methoxy groups -OCH3 is 3. The molecule has 0 saturated carbocycles. The molecule has 0 aromatic heterocycles. The zero-order valence-electron chi connectivity index (χ0n) is 13.9. The Kier molecular flexibility index (Phi) is 6.66. The molecule has 6 nitrogen and oxygen atoms in total. The van der Waals surface area contributed by atoms with Gasteiger partial charge in [-0.3, -0.25) is 4.90 Å². The van der Waals surface area contributed by atoms with Gasteiger partial charge in [-0.05, 0) is 18.6 Å². The van der Waals surface area contributed by atoms with E-state index in [0.29, 0.717) is 36.3 Å². The van der Waals surface area contributed by atoms with Crippen molar-refractivity contribution in [2.75, 3.05) is 47.6 Å². The van der Waals surface area contributed by atoms with Crippen LogP contribution in [0.15, 0.2) is 18.2 Å². The van der Waals surface area contributed by atoms with E-state index in [1.807, 2.05) is 0 Å². The van der Waals surface area contributed by atoms with E-state index in [1.165, 1.54) is 0 Å². The van der Waals surface area contributed by atoms with Crippen molar-refractivity contribution in [3.63, 3.8) is 0 Å². The second-order valence-corrected chi connectivity index (χ2v) is 5.52. The van der Waals surface area contributed by atoms with Gasteiger partial charge in [0.1, 0.15) is 6.61 Å². The highest BCUT2D eigenvalue weighted by molar-refractivity contribution is 5.46. The molecular weight excluding hydrogens is 296 g/mol. The van der Waals surface area contributed by atoms with E-state index in [-0.39, 0.29) is 6.10 Å². The zero-order valence-corrected chi connectivity index (χ0v) is 13.9. The van der Waals surface area contributed by atoms with Crippen LogP contribution in [-0.2, 0) is 9.47 Å². The first-order valence-electron chi connectivity index (χ1n) is 7.68. The summed E-state index contributed by atoms with van der Waals surface area (Å²) in [4.78, 5) is 2.33. The number of hydrogen-bond acceptors (Lipinski definition) is 6. The van der Waals surface area contributed by atoms with Crippen LogP contribution < -0.4 is 9.47 Å². The largest absolute Gasteiger partial charge is 0.493 e. The Morgan fingerprint density at radius 3 is 2.74 bits per heavy atom. The molecule has 1 fully saturated rings. The summed E-state index contributed by atoms with van der Waals surface area (Å²) < 4.78 is 21.8. The molecule has 1 aliphatic heterocycles. The lowest BCUT2D eigenvalue weighted by atomic mass is 10.2. The van der Waals surface area contributed by atoms with Crippen molar-refractivity contribution in [3.05, 3.63) is 23.8 Å². The number of hydrogen-bond donors (Lipinski definition) is 0. The molecule has 0 N–H and O–H groups in total. The Bertz CT molecular complexity index is 544. The van der Waals surface area contributed by atoms with Crippen LogP contribution in [0.2, 0.25) is 0 Å². The van der Waals surface area contributed by atoms with Crippen LogP contribution in [0.25, 0.3) is 0 Å². The summed E-state index contributed by atoms with van der Waals surface area (Å²) in [6, 6.07) is 7.62. The third-order valence-corrected chi connectivity index (χ3v) is 4.11. The third kappa shape index (κ3) is 4.58. The average molecular weight is 320 g/mol. The van der Waals surface area contributed by atoms with Gasteiger partial charge < -0.3 is 18.9 Å². The maximum absolute atomic E-state index is 8.92. The van der Waals surface area contributed by atoms with Crippen molar-refractivity contribution in [2.24, 2.45) is 0 Å². The highest BCUT2D eigenvalue weighted by Crippen LogP contribution is 2.28. The van der Waals surface area contributed by atoms with Crippen LogP contribution in [0.4, 0.5) is 0 Å². The fourth-order valence-corrected chi connectivity index (χ4v) is 2.88. The third-order valence-electron chi connectivity index (χ3n) is 4.11. The van der Waals surface area contributed by atoms with Crippen molar-refractivity contribution in [1.82, 2.24) is 4.90 Å². The van der Waals surface area contributed by atoms with E-state index in [2.05, 4.69) is 11.0 Å². The van der Waals surface area contributed by atoms with Crippen molar-refractivity contribution in [3.8, 4) is 17.6 Å². The first-order chi connectivity index (χ1) is 11.2. The highest BCUT2D eigenvalue weighted by Gasteiger charge is 2.31. The quantitative estimate of drug-likeness (QED) is 0.726.